The molecule has 3 aromatic rings. The van der Waals surface area contributed by atoms with Crippen molar-refractivity contribution in [2.45, 2.75) is 18.6 Å². The first-order chi connectivity index (χ1) is 18.4. The maximum atomic E-state index is 13.5. The van der Waals surface area contributed by atoms with E-state index in [1.807, 2.05) is 64.2 Å². The van der Waals surface area contributed by atoms with Crippen LogP contribution >= 0.6 is 11.6 Å². The highest BCUT2D eigenvalue weighted by molar-refractivity contribution is 6.30. The van der Waals surface area contributed by atoms with E-state index >= 15 is 0 Å². The molecule has 0 aliphatic carbocycles. The predicted molar refractivity (Wildman–Crippen MR) is 141 cm³/mol. The average molecular weight is 540 g/mol. The van der Waals surface area contributed by atoms with Gasteiger partial charge in [0.15, 0.2) is 11.5 Å². The zero-order chi connectivity index (χ0) is 26.8. The zero-order valence-electron chi connectivity index (χ0n) is 21.3. The van der Waals surface area contributed by atoms with E-state index in [0.717, 1.165) is 22.5 Å². The van der Waals surface area contributed by atoms with E-state index in [1.165, 1.54) is 0 Å². The fourth-order valence-corrected chi connectivity index (χ4v) is 5.46. The van der Waals surface area contributed by atoms with E-state index in [2.05, 4.69) is 0 Å². The van der Waals surface area contributed by atoms with E-state index in [4.69, 9.17) is 30.9 Å². The number of hydrogen-bond acceptors (Lipinski definition) is 6. The Bertz CT molecular complexity index is 1330. The van der Waals surface area contributed by atoms with Crippen molar-refractivity contribution in [3.63, 3.8) is 0 Å². The number of carboxylic acids is 1. The number of amides is 1. The third-order valence-electron chi connectivity index (χ3n) is 7.10. The van der Waals surface area contributed by atoms with Crippen LogP contribution in [0.5, 0.6) is 11.5 Å². The summed E-state index contributed by atoms with van der Waals surface area (Å²) in [7, 11) is 3.18. The Kier molecular flexibility index (Phi) is 7.60. The number of piperazine rings is 1. The Morgan fingerprint density at radius 2 is 1.82 bits per heavy atom. The third-order valence-corrected chi connectivity index (χ3v) is 7.34. The molecule has 1 saturated heterocycles. The first kappa shape index (κ1) is 26.1. The van der Waals surface area contributed by atoms with Crippen molar-refractivity contribution in [3.8, 4) is 17.2 Å². The molecular formula is C28H30ClN3O6. The van der Waals surface area contributed by atoms with Crippen molar-refractivity contribution in [2.75, 3.05) is 46.9 Å². The first-order valence-corrected chi connectivity index (χ1v) is 12.8. The van der Waals surface area contributed by atoms with Gasteiger partial charge in [0, 0.05) is 48.5 Å². The van der Waals surface area contributed by atoms with Gasteiger partial charge in [-0.05, 0) is 36.4 Å². The fraction of sp³-hybridized carbons (Fsp3) is 0.357. The molecule has 1 amide bonds. The average Bonchev–Trinajstić information content (AvgIpc) is 3.36. The van der Waals surface area contributed by atoms with Crippen LogP contribution in [0.4, 0.5) is 0 Å². The van der Waals surface area contributed by atoms with Crippen LogP contribution in [0.15, 0.2) is 54.7 Å². The van der Waals surface area contributed by atoms with Gasteiger partial charge < -0.3 is 28.8 Å². The summed E-state index contributed by atoms with van der Waals surface area (Å²) in [6.07, 6.45) is 0.951. The van der Waals surface area contributed by atoms with Gasteiger partial charge in [0.05, 0.1) is 38.6 Å². The Balaban J connectivity index is 1.49. The van der Waals surface area contributed by atoms with Crippen LogP contribution in [-0.2, 0) is 14.3 Å². The number of nitrogens with zero attached hydrogens (tertiary/aromatic N) is 3. The number of rotatable bonds is 7. The normalized spacial score (nSPS) is 19.3. The fourth-order valence-electron chi connectivity index (χ4n) is 5.28. The van der Waals surface area contributed by atoms with Gasteiger partial charge >= 0.3 is 5.97 Å². The minimum Gasteiger partial charge on any atom is -0.493 e. The lowest BCUT2D eigenvalue weighted by atomic mass is 9.98. The second kappa shape index (κ2) is 11.1. The molecule has 10 heteroatoms. The highest BCUT2D eigenvalue weighted by atomic mass is 35.5. The highest BCUT2D eigenvalue weighted by Crippen LogP contribution is 2.46. The van der Waals surface area contributed by atoms with Crippen LogP contribution in [0.25, 0.3) is 5.69 Å². The summed E-state index contributed by atoms with van der Waals surface area (Å²) >= 11 is 6.46. The van der Waals surface area contributed by atoms with Crippen LogP contribution in [0.1, 0.15) is 35.4 Å². The van der Waals surface area contributed by atoms with Gasteiger partial charge in [0.2, 0.25) is 5.91 Å². The van der Waals surface area contributed by atoms with Crippen molar-refractivity contribution in [2.24, 2.45) is 0 Å². The SMILES string of the molecule is COc1cccc([C@@H]2O[C@@H](CC(=O)N3CCN(CC(=O)O)CC3)c3cccn3-c3ccc(Cl)cc32)c1OC. The second-order valence-corrected chi connectivity index (χ2v) is 9.78. The van der Waals surface area contributed by atoms with E-state index < -0.39 is 18.2 Å². The molecule has 2 atom stereocenters. The van der Waals surface area contributed by atoms with Crippen molar-refractivity contribution in [1.29, 1.82) is 0 Å². The Hall–Kier alpha value is -3.53. The number of fused-ring (bicyclic) bond motifs is 3. The van der Waals surface area contributed by atoms with Crippen LogP contribution in [0.2, 0.25) is 5.02 Å². The quantitative estimate of drug-likeness (QED) is 0.486. The van der Waals surface area contributed by atoms with Crippen LogP contribution < -0.4 is 9.47 Å². The van der Waals surface area contributed by atoms with Gasteiger partial charge in [0.25, 0.3) is 0 Å². The molecule has 1 fully saturated rings. The van der Waals surface area contributed by atoms with Crippen LogP contribution in [0, 0.1) is 0 Å². The number of carbonyl (C=O) groups excluding carboxylic acids is 1. The molecule has 0 unspecified atom stereocenters. The molecule has 2 aliphatic rings. The lowest BCUT2D eigenvalue weighted by molar-refractivity contribution is -0.140. The smallest absolute Gasteiger partial charge is 0.317 e. The standard InChI is InChI=1S/C28H30ClN3O6/c1-36-23-7-3-5-19(28(23)37-2)27-20-15-18(29)8-9-21(20)32-10-4-6-22(32)24(38-27)16-25(33)31-13-11-30(12-14-31)17-26(34)35/h3-10,15,24,27H,11-14,16-17H2,1-2H3,(H,34,35)/t24-,27-/m0/s1. The largest absolute Gasteiger partial charge is 0.493 e. The predicted octanol–water partition coefficient (Wildman–Crippen LogP) is 3.93. The summed E-state index contributed by atoms with van der Waals surface area (Å²) < 4.78 is 20.1. The summed E-state index contributed by atoms with van der Waals surface area (Å²) in [5.74, 6) is 0.221. The lowest BCUT2D eigenvalue weighted by Crippen LogP contribution is -2.50. The van der Waals surface area contributed by atoms with Crippen LogP contribution in [-0.4, -0.2) is 78.3 Å². The molecule has 0 radical (unpaired) electrons. The number of aromatic nitrogens is 1. The van der Waals surface area contributed by atoms with Crippen molar-refractivity contribution in [1.82, 2.24) is 14.4 Å². The minimum absolute atomic E-state index is 0.0217. The number of ether oxygens (including phenoxy) is 3. The van der Waals surface area contributed by atoms with Crippen molar-refractivity contribution in [3.05, 3.63) is 76.6 Å². The summed E-state index contributed by atoms with van der Waals surface area (Å²) in [5.41, 5.74) is 3.37. The molecule has 1 aromatic heterocycles. The summed E-state index contributed by atoms with van der Waals surface area (Å²) in [6, 6.07) is 15.2. The number of carbonyl (C=O) groups is 2. The number of para-hydroxylation sites is 1. The summed E-state index contributed by atoms with van der Waals surface area (Å²) in [4.78, 5) is 28.1. The molecule has 0 bridgehead atoms. The molecule has 2 aromatic carbocycles. The summed E-state index contributed by atoms with van der Waals surface area (Å²) in [6.45, 7) is 1.97. The maximum absolute atomic E-state index is 13.5. The van der Waals surface area contributed by atoms with Crippen LogP contribution in [0.3, 0.4) is 0 Å². The molecule has 200 valence electrons. The Labute approximate surface area is 226 Å². The number of aliphatic carboxylic acids is 1. The topological polar surface area (TPSA) is 93.5 Å². The highest BCUT2D eigenvalue weighted by Gasteiger charge is 2.35. The minimum atomic E-state index is -0.865. The van der Waals surface area contributed by atoms with E-state index in [0.29, 0.717) is 42.7 Å². The monoisotopic (exact) mass is 539 g/mol. The number of methoxy groups -OCH3 is 2. The lowest BCUT2D eigenvalue weighted by Gasteiger charge is -2.34. The number of carboxylic acid groups (broad SMARTS) is 1. The maximum Gasteiger partial charge on any atom is 0.317 e. The zero-order valence-corrected chi connectivity index (χ0v) is 22.1. The second-order valence-electron chi connectivity index (χ2n) is 9.35. The van der Waals surface area contributed by atoms with E-state index in [1.54, 1.807) is 19.1 Å². The molecule has 38 heavy (non-hydrogen) atoms. The molecular weight excluding hydrogens is 510 g/mol. The van der Waals surface area contributed by atoms with Crippen molar-refractivity contribution < 1.29 is 28.9 Å². The molecule has 5 rings (SSSR count). The number of benzene rings is 2. The van der Waals surface area contributed by atoms with E-state index in [9.17, 15) is 9.59 Å². The Morgan fingerprint density at radius 3 is 2.53 bits per heavy atom. The first-order valence-electron chi connectivity index (χ1n) is 12.4. The molecule has 0 spiro atoms. The summed E-state index contributed by atoms with van der Waals surface area (Å²) in [5, 5.41) is 9.64. The van der Waals surface area contributed by atoms with E-state index in [-0.39, 0.29) is 18.9 Å². The molecule has 2 aliphatic heterocycles. The third kappa shape index (κ3) is 5.09. The molecule has 1 N–H and O–H groups in total. The van der Waals surface area contributed by atoms with Gasteiger partial charge in [-0.2, -0.15) is 0 Å². The molecule has 9 nitrogen and oxygen atoms in total. The van der Waals surface area contributed by atoms with Gasteiger partial charge in [0.1, 0.15) is 12.2 Å². The molecule has 3 heterocycles. The van der Waals surface area contributed by atoms with Crippen molar-refractivity contribution >= 4 is 23.5 Å². The number of halogens is 1. The number of hydrogen-bond donors (Lipinski definition) is 1. The Morgan fingerprint density at radius 1 is 1.03 bits per heavy atom. The van der Waals surface area contributed by atoms with Gasteiger partial charge in [-0.1, -0.05) is 23.7 Å². The van der Waals surface area contributed by atoms with Gasteiger partial charge in [-0.15, -0.1) is 0 Å². The van der Waals surface area contributed by atoms with Gasteiger partial charge in [-0.3, -0.25) is 14.5 Å². The van der Waals surface area contributed by atoms with Gasteiger partial charge in [-0.25, -0.2) is 0 Å². The molecule has 0 saturated carbocycles.